The van der Waals surface area contributed by atoms with Gasteiger partial charge in [0, 0.05) is 23.0 Å². The van der Waals surface area contributed by atoms with E-state index in [4.69, 9.17) is 4.74 Å². The molecule has 0 aliphatic heterocycles. The first-order chi connectivity index (χ1) is 18.5. The lowest BCUT2D eigenvalue weighted by Gasteiger charge is -2.14. The largest absolute Gasteiger partial charge is 0.508 e. The number of aromatic hydroxyl groups is 1. The molecule has 0 aromatic heterocycles. The maximum atomic E-state index is 14.8. The molecular weight excluding hydrogens is 519 g/mol. The van der Waals surface area contributed by atoms with E-state index >= 15 is 0 Å². The molecule has 0 radical (unpaired) electrons. The highest BCUT2D eigenvalue weighted by molar-refractivity contribution is 7.93. The predicted molar refractivity (Wildman–Crippen MR) is 151 cm³/mol. The van der Waals surface area contributed by atoms with Crippen molar-refractivity contribution in [2.75, 3.05) is 10.0 Å². The number of hydrogen-bond acceptors (Lipinski definition) is 5. The summed E-state index contributed by atoms with van der Waals surface area (Å²) in [7, 11) is -3.50. The molecule has 0 fully saturated rings. The minimum atomic E-state index is -3.50. The first-order valence-corrected chi connectivity index (χ1v) is 13.8. The Morgan fingerprint density at radius 2 is 1.54 bits per heavy atom. The number of nitrogens with one attached hydrogen (secondary N) is 2. The molecule has 9 heteroatoms. The number of benzene rings is 4. The Morgan fingerprint density at radius 1 is 0.897 bits per heavy atom. The summed E-state index contributed by atoms with van der Waals surface area (Å²) in [6.45, 7) is 5.03. The van der Waals surface area contributed by atoms with Crippen LogP contribution in [0.3, 0.4) is 0 Å². The van der Waals surface area contributed by atoms with Crippen LogP contribution in [0.4, 0.5) is 15.8 Å². The zero-order valence-corrected chi connectivity index (χ0v) is 22.6. The van der Waals surface area contributed by atoms with Crippen molar-refractivity contribution in [2.24, 2.45) is 0 Å². The second-order valence-electron chi connectivity index (χ2n) is 9.42. The standard InChI is InChI=1S/C30H29FN2O5S/c1-19(2)39(36,37)33-26-15-20(3)14-21(16-26)18-38-29-13-10-25(17-28(29)31)32-30(35)24-6-4-22(5-7-24)23-8-11-27(34)12-9-23/h4-17,19,33-34H,18H2,1-3H3,(H,32,35). The number of sulfonamides is 1. The highest BCUT2D eigenvalue weighted by atomic mass is 32.2. The van der Waals surface area contributed by atoms with E-state index in [2.05, 4.69) is 10.0 Å². The Kier molecular flexibility index (Phi) is 8.21. The van der Waals surface area contributed by atoms with Crippen LogP contribution < -0.4 is 14.8 Å². The van der Waals surface area contributed by atoms with Crippen molar-refractivity contribution >= 4 is 27.3 Å². The predicted octanol–water partition coefficient (Wildman–Crippen LogP) is 6.49. The third kappa shape index (κ3) is 7.14. The molecule has 0 saturated carbocycles. The number of phenolic OH excluding ortho intramolecular Hbond substituents is 1. The van der Waals surface area contributed by atoms with Crippen LogP contribution in [0.5, 0.6) is 11.5 Å². The van der Waals surface area contributed by atoms with Crippen LogP contribution in [0.2, 0.25) is 0 Å². The monoisotopic (exact) mass is 548 g/mol. The van der Waals surface area contributed by atoms with Crippen molar-refractivity contribution in [1.82, 2.24) is 0 Å². The summed E-state index contributed by atoms with van der Waals surface area (Å²) >= 11 is 0. The van der Waals surface area contributed by atoms with E-state index in [0.29, 0.717) is 16.8 Å². The van der Waals surface area contributed by atoms with Gasteiger partial charge in [0.1, 0.15) is 12.4 Å². The zero-order valence-electron chi connectivity index (χ0n) is 21.7. The van der Waals surface area contributed by atoms with Crippen molar-refractivity contribution < 1.29 is 27.4 Å². The Bertz CT molecular complexity index is 1590. The van der Waals surface area contributed by atoms with Crippen LogP contribution in [-0.2, 0) is 16.6 Å². The van der Waals surface area contributed by atoms with E-state index in [0.717, 1.165) is 16.7 Å². The van der Waals surface area contributed by atoms with Crippen molar-refractivity contribution in [2.45, 2.75) is 32.6 Å². The van der Waals surface area contributed by atoms with Crippen LogP contribution in [-0.4, -0.2) is 24.7 Å². The highest BCUT2D eigenvalue weighted by Crippen LogP contribution is 2.25. The summed E-state index contributed by atoms with van der Waals surface area (Å²) in [5.41, 5.74) is 4.37. The summed E-state index contributed by atoms with van der Waals surface area (Å²) in [5, 5.41) is 11.5. The van der Waals surface area contributed by atoms with Crippen molar-refractivity contribution in [3.8, 4) is 22.6 Å². The van der Waals surface area contributed by atoms with Crippen LogP contribution in [0.15, 0.2) is 84.9 Å². The summed E-state index contributed by atoms with van der Waals surface area (Å²) in [6, 6.07) is 23.0. The average Bonchev–Trinajstić information content (AvgIpc) is 2.88. The van der Waals surface area contributed by atoms with Crippen LogP contribution in [0.25, 0.3) is 11.1 Å². The molecule has 4 rings (SSSR count). The molecule has 3 N–H and O–H groups in total. The van der Waals surface area contributed by atoms with Gasteiger partial charge < -0.3 is 15.2 Å². The minimum absolute atomic E-state index is 0.00272. The van der Waals surface area contributed by atoms with E-state index < -0.39 is 27.0 Å². The number of amides is 1. The molecule has 0 aliphatic rings. The second-order valence-corrected chi connectivity index (χ2v) is 11.7. The third-order valence-electron chi connectivity index (χ3n) is 5.95. The Hall–Kier alpha value is -4.37. The number of carbonyl (C=O) groups excluding carboxylic acids is 1. The van der Waals surface area contributed by atoms with Gasteiger partial charge in [-0.2, -0.15) is 0 Å². The van der Waals surface area contributed by atoms with E-state index in [1.54, 1.807) is 80.6 Å². The van der Waals surface area contributed by atoms with Gasteiger partial charge in [-0.25, -0.2) is 12.8 Å². The lowest BCUT2D eigenvalue weighted by atomic mass is 10.0. The first kappa shape index (κ1) is 27.7. The van der Waals surface area contributed by atoms with Gasteiger partial charge in [-0.05, 0) is 91.6 Å². The molecular formula is C30H29FN2O5S. The molecule has 0 spiro atoms. The zero-order chi connectivity index (χ0) is 28.2. The number of aryl methyl sites for hydroxylation is 1. The highest BCUT2D eigenvalue weighted by Gasteiger charge is 2.16. The lowest BCUT2D eigenvalue weighted by molar-refractivity contribution is 0.102. The van der Waals surface area contributed by atoms with E-state index in [-0.39, 0.29) is 23.8 Å². The van der Waals surface area contributed by atoms with Crippen molar-refractivity contribution in [3.63, 3.8) is 0 Å². The van der Waals surface area contributed by atoms with Gasteiger partial charge in [0.15, 0.2) is 11.6 Å². The smallest absolute Gasteiger partial charge is 0.255 e. The third-order valence-corrected chi connectivity index (χ3v) is 7.71. The van der Waals surface area contributed by atoms with E-state index in [9.17, 15) is 22.7 Å². The Balaban J connectivity index is 1.39. The maximum Gasteiger partial charge on any atom is 0.255 e. The van der Waals surface area contributed by atoms with Gasteiger partial charge in [-0.15, -0.1) is 0 Å². The molecule has 0 unspecified atom stereocenters. The number of halogens is 1. The molecule has 0 bridgehead atoms. The fourth-order valence-electron chi connectivity index (χ4n) is 3.81. The molecule has 0 heterocycles. The molecule has 39 heavy (non-hydrogen) atoms. The number of ether oxygens (including phenoxy) is 1. The number of rotatable bonds is 9. The Morgan fingerprint density at radius 3 is 2.15 bits per heavy atom. The molecule has 202 valence electrons. The normalized spacial score (nSPS) is 11.3. The summed E-state index contributed by atoms with van der Waals surface area (Å²) < 4.78 is 47.3. The fourth-order valence-corrected chi connectivity index (χ4v) is 4.50. The van der Waals surface area contributed by atoms with Crippen LogP contribution >= 0.6 is 0 Å². The second kappa shape index (κ2) is 11.6. The number of anilines is 2. The first-order valence-electron chi connectivity index (χ1n) is 12.3. The van der Waals surface area contributed by atoms with E-state index in [1.807, 2.05) is 13.0 Å². The Labute approximate surface area is 227 Å². The number of phenols is 1. The fraction of sp³-hybridized carbons (Fsp3) is 0.167. The molecule has 0 aliphatic carbocycles. The molecule has 4 aromatic carbocycles. The van der Waals surface area contributed by atoms with Crippen molar-refractivity contribution in [3.05, 3.63) is 107 Å². The average molecular weight is 549 g/mol. The van der Waals surface area contributed by atoms with Gasteiger partial charge in [0.25, 0.3) is 5.91 Å². The SMILES string of the molecule is Cc1cc(COc2ccc(NC(=O)c3ccc(-c4ccc(O)cc4)cc3)cc2F)cc(NS(=O)(=O)C(C)C)c1. The van der Waals surface area contributed by atoms with Gasteiger partial charge in [0.05, 0.1) is 5.25 Å². The van der Waals surface area contributed by atoms with Gasteiger partial charge >= 0.3 is 0 Å². The summed E-state index contributed by atoms with van der Waals surface area (Å²) in [6.07, 6.45) is 0. The quantitative estimate of drug-likeness (QED) is 0.222. The summed E-state index contributed by atoms with van der Waals surface area (Å²) in [4.78, 5) is 12.7. The molecule has 4 aromatic rings. The molecule has 1 amide bonds. The summed E-state index contributed by atoms with van der Waals surface area (Å²) in [5.74, 6) is -0.868. The molecule has 0 atom stereocenters. The van der Waals surface area contributed by atoms with Crippen molar-refractivity contribution in [1.29, 1.82) is 0 Å². The van der Waals surface area contributed by atoms with Gasteiger partial charge in [-0.1, -0.05) is 30.3 Å². The maximum absolute atomic E-state index is 14.8. The van der Waals surface area contributed by atoms with Crippen LogP contribution in [0.1, 0.15) is 35.3 Å². The van der Waals surface area contributed by atoms with Gasteiger partial charge in [-0.3, -0.25) is 9.52 Å². The molecule has 0 saturated heterocycles. The lowest BCUT2D eigenvalue weighted by Crippen LogP contribution is -2.22. The van der Waals surface area contributed by atoms with Gasteiger partial charge in [0.2, 0.25) is 10.0 Å². The topological polar surface area (TPSA) is 105 Å². The molecule has 7 nitrogen and oxygen atoms in total. The minimum Gasteiger partial charge on any atom is -0.508 e. The number of hydrogen-bond donors (Lipinski definition) is 3. The van der Waals surface area contributed by atoms with E-state index in [1.165, 1.54) is 12.1 Å². The number of carbonyl (C=O) groups is 1. The van der Waals surface area contributed by atoms with Crippen LogP contribution in [0, 0.1) is 12.7 Å².